The zero-order chi connectivity index (χ0) is 24.1. The third-order valence-corrected chi connectivity index (χ3v) is 5.14. The highest BCUT2D eigenvalue weighted by molar-refractivity contribution is 5.70. The lowest BCUT2D eigenvalue weighted by Crippen LogP contribution is -2.31. The third-order valence-electron chi connectivity index (χ3n) is 5.14. The number of hydrogen-bond acceptors (Lipinski definition) is 7. The van der Waals surface area contributed by atoms with E-state index in [2.05, 4.69) is 20.6 Å². The second kappa shape index (κ2) is 10.4. The van der Waals surface area contributed by atoms with Gasteiger partial charge in [0.1, 0.15) is 11.7 Å². The summed E-state index contributed by atoms with van der Waals surface area (Å²) in [6.45, 7) is 13.1. The Balaban J connectivity index is 2.23. The number of nitrogens with one attached hydrogen (secondary N) is 2. The average Bonchev–Trinajstić information content (AvgIpc) is 2.69. The Morgan fingerprint density at radius 2 is 1.97 bits per heavy atom. The molecule has 0 fully saturated rings. The van der Waals surface area contributed by atoms with Gasteiger partial charge in [0.15, 0.2) is 17.5 Å². The first-order valence-corrected chi connectivity index (χ1v) is 10.7. The summed E-state index contributed by atoms with van der Waals surface area (Å²) in [4.78, 5) is 20.9. The smallest absolute Gasteiger partial charge is 0.306 e. The predicted molar refractivity (Wildman–Crippen MR) is 123 cm³/mol. The predicted octanol–water partition coefficient (Wildman–Crippen LogP) is 5.41. The molecule has 0 bridgehead atoms. The van der Waals surface area contributed by atoms with E-state index >= 15 is 0 Å². The van der Waals surface area contributed by atoms with E-state index in [0.717, 1.165) is 17.3 Å². The molecule has 0 spiro atoms. The van der Waals surface area contributed by atoms with Crippen LogP contribution >= 0.6 is 0 Å². The summed E-state index contributed by atoms with van der Waals surface area (Å²) in [6.07, 6.45) is 2.54. The summed E-state index contributed by atoms with van der Waals surface area (Å²) >= 11 is 0. The second-order valence-electron chi connectivity index (χ2n) is 8.97. The maximum Gasteiger partial charge on any atom is 0.306 e. The average molecular weight is 442 g/mol. The fourth-order valence-electron chi connectivity index (χ4n) is 3.22. The Bertz CT molecular complexity index is 1010. The largest absolute Gasteiger partial charge is 0.460 e. The first kappa shape index (κ1) is 25.1. The first-order chi connectivity index (χ1) is 14.9. The van der Waals surface area contributed by atoms with Gasteiger partial charge in [-0.1, -0.05) is 13.3 Å². The fourth-order valence-corrected chi connectivity index (χ4v) is 3.22. The van der Waals surface area contributed by atoms with Gasteiger partial charge in [-0.2, -0.15) is 5.26 Å². The molecule has 32 heavy (non-hydrogen) atoms. The van der Waals surface area contributed by atoms with E-state index in [1.54, 1.807) is 6.20 Å². The van der Waals surface area contributed by atoms with Gasteiger partial charge < -0.3 is 15.4 Å². The van der Waals surface area contributed by atoms with E-state index in [1.807, 2.05) is 60.6 Å². The molecule has 172 valence electrons. The van der Waals surface area contributed by atoms with Gasteiger partial charge in [-0.25, -0.2) is 9.37 Å². The third kappa shape index (κ3) is 6.91. The van der Waals surface area contributed by atoms with E-state index in [9.17, 15) is 14.4 Å². The van der Waals surface area contributed by atoms with Crippen LogP contribution in [0, 0.1) is 36.9 Å². The number of anilines is 3. The van der Waals surface area contributed by atoms with E-state index in [0.29, 0.717) is 12.1 Å². The molecule has 2 rings (SSSR count). The molecule has 0 aromatic carbocycles. The van der Waals surface area contributed by atoms with Crippen molar-refractivity contribution in [2.45, 2.75) is 73.0 Å². The van der Waals surface area contributed by atoms with Crippen molar-refractivity contribution in [3.63, 3.8) is 0 Å². The number of hydrogen-bond donors (Lipinski definition) is 2. The fraction of sp³-hybridized carbons (Fsp3) is 0.500. The summed E-state index contributed by atoms with van der Waals surface area (Å²) < 4.78 is 20.1. The number of aryl methyl sites for hydroxylation is 2. The van der Waals surface area contributed by atoms with Crippen molar-refractivity contribution in [2.24, 2.45) is 5.92 Å². The van der Waals surface area contributed by atoms with Gasteiger partial charge in [-0.3, -0.25) is 9.78 Å². The Morgan fingerprint density at radius 1 is 1.28 bits per heavy atom. The van der Waals surface area contributed by atoms with Crippen LogP contribution in [0.5, 0.6) is 0 Å². The number of nitriles is 1. The van der Waals surface area contributed by atoms with Crippen LogP contribution < -0.4 is 10.6 Å². The number of aromatic nitrogens is 2. The molecule has 0 aliphatic rings. The topological polar surface area (TPSA) is 99.9 Å². The van der Waals surface area contributed by atoms with E-state index in [1.165, 1.54) is 0 Å². The summed E-state index contributed by atoms with van der Waals surface area (Å²) in [5, 5.41) is 15.6. The van der Waals surface area contributed by atoms with Crippen LogP contribution in [0.3, 0.4) is 0 Å². The van der Waals surface area contributed by atoms with Crippen LogP contribution in [0.1, 0.15) is 64.3 Å². The molecule has 2 aromatic heterocycles. The first-order valence-electron chi connectivity index (χ1n) is 10.7. The van der Waals surface area contributed by atoms with Crippen LogP contribution in [-0.2, 0) is 9.53 Å². The minimum absolute atomic E-state index is 0.0124. The van der Waals surface area contributed by atoms with Crippen LogP contribution in [0.25, 0.3) is 0 Å². The van der Waals surface area contributed by atoms with Crippen molar-refractivity contribution >= 4 is 23.3 Å². The molecular formula is C24H32FN5O2. The number of halogens is 1. The zero-order valence-corrected chi connectivity index (χ0v) is 19.8. The van der Waals surface area contributed by atoms with Crippen molar-refractivity contribution in [3.8, 4) is 6.07 Å². The monoisotopic (exact) mass is 441 g/mol. The molecule has 0 aliphatic carbocycles. The number of carbonyl (C=O) groups is 1. The lowest BCUT2D eigenvalue weighted by Gasteiger charge is -2.26. The number of nitrogens with zero attached hydrogens (tertiary/aromatic N) is 3. The highest BCUT2D eigenvalue weighted by atomic mass is 19.1. The van der Waals surface area contributed by atoms with Crippen molar-refractivity contribution < 1.29 is 13.9 Å². The number of carbonyl (C=O) groups excluding carboxylic acids is 1. The number of ether oxygens (including phenoxy) is 1. The molecule has 0 unspecified atom stereocenters. The molecule has 2 heterocycles. The van der Waals surface area contributed by atoms with Crippen molar-refractivity contribution in [2.75, 3.05) is 10.6 Å². The van der Waals surface area contributed by atoms with Crippen LogP contribution in [0.15, 0.2) is 18.3 Å². The van der Waals surface area contributed by atoms with E-state index in [-0.39, 0.29) is 41.5 Å². The number of pyridine rings is 2. The summed E-state index contributed by atoms with van der Waals surface area (Å²) in [5.41, 5.74) is 2.06. The molecule has 2 N–H and O–H groups in total. The van der Waals surface area contributed by atoms with Gasteiger partial charge in [0.25, 0.3) is 0 Å². The minimum atomic E-state index is -0.635. The maximum atomic E-state index is 14.7. The highest BCUT2D eigenvalue weighted by Gasteiger charge is 2.24. The Hall–Kier alpha value is -3.21. The van der Waals surface area contributed by atoms with Crippen LogP contribution in [-0.4, -0.2) is 27.6 Å². The van der Waals surface area contributed by atoms with Crippen LogP contribution in [0.2, 0.25) is 0 Å². The summed E-state index contributed by atoms with van der Waals surface area (Å²) in [7, 11) is 0. The molecule has 0 saturated heterocycles. The van der Waals surface area contributed by atoms with Gasteiger partial charge in [0.05, 0.1) is 23.9 Å². The second-order valence-corrected chi connectivity index (χ2v) is 8.97. The molecule has 2 aromatic rings. The zero-order valence-electron chi connectivity index (χ0n) is 19.8. The normalized spacial score (nSPS) is 13.1. The molecule has 0 amide bonds. The molecular weight excluding hydrogens is 409 g/mol. The van der Waals surface area contributed by atoms with Gasteiger partial charge in [0, 0.05) is 11.7 Å². The summed E-state index contributed by atoms with van der Waals surface area (Å²) in [6, 6.07) is 4.75. The quantitative estimate of drug-likeness (QED) is 0.529. The van der Waals surface area contributed by atoms with E-state index < -0.39 is 11.4 Å². The lowest BCUT2D eigenvalue weighted by atomic mass is 9.94. The Morgan fingerprint density at radius 3 is 2.53 bits per heavy atom. The number of esters is 1. The Labute approximate surface area is 189 Å². The molecule has 0 aliphatic heterocycles. The van der Waals surface area contributed by atoms with Gasteiger partial charge in [-0.15, -0.1) is 0 Å². The van der Waals surface area contributed by atoms with Gasteiger partial charge in [-0.05, 0) is 65.2 Å². The molecule has 7 nitrogen and oxygen atoms in total. The highest BCUT2D eigenvalue weighted by Crippen LogP contribution is 2.26. The van der Waals surface area contributed by atoms with Gasteiger partial charge >= 0.3 is 5.97 Å². The minimum Gasteiger partial charge on any atom is -0.460 e. The number of rotatable bonds is 8. The van der Waals surface area contributed by atoms with Crippen molar-refractivity contribution in [1.82, 2.24) is 9.97 Å². The van der Waals surface area contributed by atoms with Crippen molar-refractivity contribution in [1.29, 1.82) is 5.26 Å². The molecule has 0 saturated carbocycles. The van der Waals surface area contributed by atoms with Crippen LogP contribution in [0.4, 0.5) is 21.7 Å². The summed E-state index contributed by atoms with van der Waals surface area (Å²) in [5.74, 6) is -0.769. The van der Waals surface area contributed by atoms with Gasteiger partial charge in [0.2, 0.25) is 0 Å². The lowest BCUT2D eigenvalue weighted by molar-refractivity contribution is -0.156. The Kier molecular flexibility index (Phi) is 8.14. The molecule has 0 radical (unpaired) electrons. The SMILES string of the molecule is CC[C@H](CC(=O)OC(C)(C)C)[C@@H](C)Nc1nc(Nc2cnc(C)c(C)c2)c(C#N)cc1F. The molecule has 2 atom stereocenters. The maximum absolute atomic E-state index is 14.7. The molecule has 8 heteroatoms. The van der Waals surface area contributed by atoms with E-state index in [4.69, 9.17) is 4.74 Å². The standard InChI is InChI=1S/C24H32FN5O2/c1-8-17(11-21(31)32-24(5,6)7)16(4)28-23-20(25)10-18(12-26)22(30-23)29-19-9-14(2)15(3)27-13-19/h9-10,13,16-17H,8,11H2,1-7H3,(H2,28,29,30)/t16-,17-/m1/s1. The van der Waals surface area contributed by atoms with Crippen molar-refractivity contribution in [3.05, 3.63) is 41.0 Å².